The number of carboxylic acid groups (broad SMARTS) is 1. The summed E-state index contributed by atoms with van der Waals surface area (Å²) in [7, 11) is 0. The van der Waals surface area contributed by atoms with E-state index < -0.39 is 5.97 Å². The second kappa shape index (κ2) is 10.3. The zero-order valence-corrected chi connectivity index (χ0v) is 17.8. The van der Waals surface area contributed by atoms with Crippen molar-refractivity contribution < 1.29 is 19.5 Å². The monoisotopic (exact) mass is 443 g/mol. The predicted molar refractivity (Wildman–Crippen MR) is 117 cm³/mol. The molecule has 1 aromatic carbocycles. The topological polar surface area (TPSA) is 119 Å². The van der Waals surface area contributed by atoms with Gasteiger partial charge in [0, 0.05) is 21.9 Å². The third-order valence-electron chi connectivity index (χ3n) is 4.59. The number of carboxylic acids is 1. The first-order valence-corrected chi connectivity index (χ1v) is 11.4. The maximum absolute atomic E-state index is 12.4. The highest BCUT2D eigenvalue weighted by atomic mass is 32.2. The SMILES string of the molecule is N#Cc1c(NC(=O)CSc2cccc(NC(=O)CCC(=O)O)c2)sc2c1CCCC2. The first kappa shape index (κ1) is 21.9. The number of nitrogens with zero attached hydrogens (tertiary/aromatic N) is 1. The van der Waals surface area contributed by atoms with Gasteiger partial charge >= 0.3 is 5.97 Å². The van der Waals surface area contributed by atoms with Crippen LogP contribution in [0.1, 0.15) is 41.7 Å². The van der Waals surface area contributed by atoms with E-state index in [2.05, 4.69) is 16.7 Å². The highest BCUT2D eigenvalue weighted by Gasteiger charge is 2.21. The van der Waals surface area contributed by atoms with Crippen LogP contribution in [0.2, 0.25) is 0 Å². The molecule has 2 aromatic rings. The van der Waals surface area contributed by atoms with Gasteiger partial charge < -0.3 is 15.7 Å². The van der Waals surface area contributed by atoms with E-state index in [0.717, 1.165) is 36.1 Å². The summed E-state index contributed by atoms with van der Waals surface area (Å²) in [5.74, 6) is -1.41. The van der Waals surface area contributed by atoms with Gasteiger partial charge in [-0.25, -0.2) is 0 Å². The average molecular weight is 444 g/mol. The second-order valence-electron chi connectivity index (χ2n) is 6.83. The number of carbonyl (C=O) groups excluding carboxylic acids is 2. The lowest BCUT2D eigenvalue weighted by atomic mass is 9.96. The third kappa shape index (κ3) is 5.84. The molecule has 0 saturated carbocycles. The number of nitrogens with one attached hydrogen (secondary N) is 2. The molecule has 156 valence electrons. The van der Waals surface area contributed by atoms with Crippen molar-refractivity contribution in [1.29, 1.82) is 5.26 Å². The number of benzene rings is 1. The van der Waals surface area contributed by atoms with Crippen molar-refractivity contribution in [2.45, 2.75) is 43.4 Å². The summed E-state index contributed by atoms with van der Waals surface area (Å²) in [4.78, 5) is 36.7. The highest BCUT2D eigenvalue weighted by Crippen LogP contribution is 2.37. The van der Waals surface area contributed by atoms with E-state index in [-0.39, 0.29) is 30.4 Å². The van der Waals surface area contributed by atoms with E-state index in [1.807, 2.05) is 6.07 Å². The van der Waals surface area contributed by atoms with Crippen LogP contribution in [0.25, 0.3) is 0 Å². The van der Waals surface area contributed by atoms with Crippen molar-refractivity contribution in [2.75, 3.05) is 16.4 Å². The molecule has 7 nitrogen and oxygen atoms in total. The van der Waals surface area contributed by atoms with E-state index in [9.17, 15) is 19.6 Å². The summed E-state index contributed by atoms with van der Waals surface area (Å²) in [6.07, 6.45) is 3.72. The van der Waals surface area contributed by atoms with Gasteiger partial charge in [-0.1, -0.05) is 6.07 Å². The zero-order valence-electron chi connectivity index (χ0n) is 16.2. The summed E-state index contributed by atoms with van der Waals surface area (Å²) in [6, 6.07) is 9.27. The van der Waals surface area contributed by atoms with Gasteiger partial charge in [0.05, 0.1) is 17.7 Å². The number of fused-ring (bicyclic) bond motifs is 1. The summed E-state index contributed by atoms with van der Waals surface area (Å²) in [5, 5.41) is 24.3. The van der Waals surface area contributed by atoms with Crippen LogP contribution in [0.4, 0.5) is 10.7 Å². The van der Waals surface area contributed by atoms with Crippen molar-refractivity contribution in [3.8, 4) is 6.07 Å². The van der Waals surface area contributed by atoms with Crippen LogP contribution < -0.4 is 10.6 Å². The minimum atomic E-state index is -1.02. The smallest absolute Gasteiger partial charge is 0.303 e. The maximum atomic E-state index is 12.4. The first-order valence-electron chi connectivity index (χ1n) is 9.55. The first-order chi connectivity index (χ1) is 14.5. The zero-order chi connectivity index (χ0) is 21.5. The number of thiophene rings is 1. The van der Waals surface area contributed by atoms with Gasteiger partial charge in [-0.2, -0.15) is 5.26 Å². The third-order valence-corrected chi connectivity index (χ3v) is 6.79. The number of aliphatic carboxylic acids is 1. The minimum absolute atomic E-state index is 0.0961. The van der Waals surface area contributed by atoms with Crippen LogP contribution in [0.15, 0.2) is 29.2 Å². The lowest BCUT2D eigenvalue weighted by Gasteiger charge is -2.09. The Hall–Kier alpha value is -2.83. The number of amides is 2. The Bertz CT molecular complexity index is 1010. The van der Waals surface area contributed by atoms with Crippen LogP contribution in [0.5, 0.6) is 0 Å². The number of nitriles is 1. The fraction of sp³-hybridized carbons (Fsp3) is 0.333. The summed E-state index contributed by atoms with van der Waals surface area (Å²) < 4.78 is 0. The molecule has 1 aromatic heterocycles. The normalized spacial score (nSPS) is 12.5. The second-order valence-corrected chi connectivity index (χ2v) is 8.99. The van der Waals surface area contributed by atoms with Crippen molar-refractivity contribution in [3.63, 3.8) is 0 Å². The van der Waals surface area contributed by atoms with Crippen molar-refractivity contribution in [1.82, 2.24) is 0 Å². The molecule has 3 N–H and O–H groups in total. The summed E-state index contributed by atoms with van der Waals surface area (Å²) in [6.45, 7) is 0. The van der Waals surface area contributed by atoms with Crippen molar-refractivity contribution >= 4 is 51.6 Å². The predicted octanol–water partition coefficient (Wildman–Crippen LogP) is 4.03. The van der Waals surface area contributed by atoms with Crippen LogP contribution in [0, 0.1) is 11.3 Å². The number of thioether (sulfide) groups is 1. The van der Waals surface area contributed by atoms with Crippen LogP contribution in [-0.2, 0) is 27.2 Å². The lowest BCUT2D eigenvalue weighted by molar-refractivity contribution is -0.138. The van der Waals surface area contributed by atoms with Gasteiger partial charge in [-0.05, 0) is 49.4 Å². The molecule has 9 heteroatoms. The molecule has 30 heavy (non-hydrogen) atoms. The quantitative estimate of drug-likeness (QED) is 0.530. The Morgan fingerprint density at radius 3 is 2.70 bits per heavy atom. The molecule has 2 amide bonds. The number of rotatable bonds is 8. The van der Waals surface area contributed by atoms with Crippen LogP contribution in [-0.4, -0.2) is 28.6 Å². The molecule has 0 saturated heterocycles. The Balaban J connectivity index is 1.55. The summed E-state index contributed by atoms with van der Waals surface area (Å²) in [5.41, 5.74) is 2.23. The number of hydrogen-bond acceptors (Lipinski definition) is 6. The fourth-order valence-corrected chi connectivity index (χ4v) is 5.20. The van der Waals surface area contributed by atoms with Crippen molar-refractivity contribution in [2.24, 2.45) is 0 Å². The van der Waals surface area contributed by atoms with E-state index in [1.54, 1.807) is 18.2 Å². The molecule has 0 spiro atoms. The molecule has 0 bridgehead atoms. The lowest BCUT2D eigenvalue weighted by Crippen LogP contribution is -2.14. The molecule has 0 aliphatic heterocycles. The maximum Gasteiger partial charge on any atom is 0.303 e. The molecule has 1 heterocycles. The molecule has 0 unspecified atom stereocenters. The number of aryl methyl sites for hydroxylation is 1. The Labute approximate surface area is 182 Å². The largest absolute Gasteiger partial charge is 0.481 e. The van der Waals surface area contributed by atoms with Crippen LogP contribution >= 0.6 is 23.1 Å². The van der Waals surface area contributed by atoms with Gasteiger partial charge in [0.2, 0.25) is 11.8 Å². The Morgan fingerprint density at radius 2 is 1.93 bits per heavy atom. The molecule has 1 aliphatic rings. The summed E-state index contributed by atoms with van der Waals surface area (Å²) >= 11 is 2.82. The number of anilines is 2. The molecule has 0 fully saturated rings. The molecule has 1 aliphatic carbocycles. The standard InChI is InChI=1S/C21H21N3O4S2/c22-11-16-15-6-1-2-7-17(15)30-21(16)24-19(26)12-29-14-5-3-4-13(10-14)23-18(25)8-9-20(27)28/h3-5,10H,1-2,6-9,12H2,(H,23,25)(H,24,26)(H,27,28). The van der Waals surface area contributed by atoms with Gasteiger partial charge in [-0.3, -0.25) is 14.4 Å². The minimum Gasteiger partial charge on any atom is -0.481 e. The van der Waals surface area contributed by atoms with E-state index >= 15 is 0 Å². The van der Waals surface area contributed by atoms with Gasteiger partial charge in [0.1, 0.15) is 11.1 Å². The van der Waals surface area contributed by atoms with E-state index in [4.69, 9.17) is 5.11 Å². The average Bonchev–Trinajstić information content (AvgIpc) is 3.08. The van der Waals surface area contributed by atoms with Gasteiger partial charge in [0.15, 0.2) is 0 Å². The Morgan fingerprint density at radius 1 is 1.13 bits per heavy atom. The highest BCUT2D eigenvalue weighted by molar-refractivity contribution is 8.00. The number of hydrogen-bond donors (Lipinski definition) is 3. The molecular formula is C21H21N3O4S2. The fourth-order valence-electron chi connectivity index (χ4n) is 3.19. The molecular weight excluding hydrogens is 422 g/mol. The van der Waals surface area contributed by atoms with Crippen LogP contribution in [0.3, 0.4) is 0 Å². The van der Waals surface area contributed by atoms with Gasteiger partial charge in [0.25, 0.3) is 0 Å². The molecule has 0 atom stereocenters. The molecule has 3 rings (SSSR count). The van der Waals surface area contributed by atoms with E-state index in [1.165, 1.54) is 28.0 Å². The molecule has 0 radical (unpaired) electrons. The van der Waals surface area contributed by atoms with Crippen molar-refractivity contribution in [3.05, 3.63) is 40.3 Å². The number of carbonyl (C=O) groups is 3. The van der Waals surface area contributed by atoms with Gasteiger partial charge in [-0.15, -0.1) is 23.1 Å². The Kier molecular flexibility index (Phi) is 7.49. The van der Waals surface area contributed by atoms with E-state index in [0.29, 0.717) is 16.3 Å².